The number of primary amides is 1. The maximum atomic E-state index is 11.7. The van der Waals surface area contributed by atoms with Gasteiger partial charge >= 0.3 is 0 Å². The van der Waals surface area contributed by atoms with Crippen LogP contribution in [0.2, 0.25) is 0 Å². The van der Waals surface area contributed by atoms with Crippen LogP contribution < -0.4 is 10.6 Å². The largest absolute Gasteiger partial charge is 0.368 e. The molecule has 1 aliphatic carbocycles. The highest BCUT2D eigenvalue weighted by Gasteiger charge is 2.30. The summed E-state index contributed by atoms with van der Waals surface area (Å²) in [5.74, 6) is 0.223. The van der Waals surface area contributed by atoms with E-state index in [0.29, 0.717) is 23.5 Å². The normalized spacial score (nSPS) is 14.8. The standard InChI is InChI=1S/C16H18N4O/c1-2-15(16(19)21)20(10-11-3-4-11)14-6-5-12(8-17)13(7-14)9-18/h5-7,11,15H,2-4,10H2,1H3,(H2,19,21). The van der Waals surface area contributed by atoms with Crippen molar-refractivity contribution in [3.63, 3.8) is 0 Å². The molecule has 21 heavy (non-hydrogen) atoms. The van der Waals surface area contributed by atoms with Crippen molar-refractivity contribution in [2.45, 2.75) is 32.2 Å². The highest BCUT2D eigenvalue weighted by molar-refractivity contribution is 5.83. The molecule has 5 nitrogen and oxygen atoms in total. The highest BCUT2D eigenvalue weighted by atomic mass is 16.1. The van der Waals surface area contributed by atoms with E-state index in [-0.39, 0.29) is 11.9 Å². The number of nitrogens with two attached hydrogens (primary N) is 1. The fourth-order valence-corrected chi connectivity index (χ4v) is 2.47. The van der Waals surface area contributed by atoms with Crippen LogP contribution in [-0.2, 0) is 4.79 Å². The number of benzene rings is 1. The number of nitriles is 2. The van der Waals surface area contributed by atoms with Crippen molar-refractivity contribution in [1.29, 1.82) is 10.5 Å². The van der Waals surface area contributed by atoms with E-state index in [2.05, 4.69) is 0 Å². The zero-order valence-electron chi connectivity index (χ0n) is 12.0. The molecule has 1 aromatic carbocycles. The van der Waals surface area contributed by atoms with Gasteiger partial charge in [0.2, 0.25) is 5.91 Å². The average molecular weight is 282 g/mol. The molecule has 0 heterocycles. The summed E-state index contributed by atoms with van der Waals surface area (Å²) >= 11 is 0. The highest BCUT2D eigenvalue weighted by Crippen LogP contribution is 2.33. The van der Waals surface area contributed by atoms with E-state index >= 15 is 0 Å². The Labute approximate surface area is 124 Å². The number of amides is 1. The van der Waals surface area contributed by atoms with Gasteiger partial charge in [-0.05, 0) is 43.4 Å². The van der Waals surface area contributed by atoms with Crippen LogP contribution in [-0.4, -0.2) is 18.5 Å². The molecular weight excluding hydrogens is 264 g/mol. The van der Waals surface area contributed by atoms with Gasteiger partial charge in [-0.2, -0.15) is 10.5 Å². The van der Waals surface area contributed by atoms with Crippen LogP contribution >= 0.6 is 0 Å². The molecule has 1 amide bonds. The lowest BCUT2D eigenvalue weighted by atomic mass is 10.1. The Morgan fingerprint density at radius 1 is 1.38 bits per heavy atom. The van der Waals surface area contributed by atoms with Gasteiger partial charge in [0.25, 0.3) is 0 Å². The summed E-state index contributed by atoms with van der Waals surface area (Å²) in [5.41, 5.74) is 6.97. The number of nitrogens with zero attached hydrogens (tertiary/aromatic N) is 3. The van der Waals surface area contributed by atoms with Crippen LogP contribution in [0.5, 0.6) is 0 Å². The summed E-state index contributed by atoms with van der Waals surface area (Å²) in [7, 11) is 0. The third-order valence-corrected chi connectivity index (χ3v) is 3.82. The fraction of sp³-hybridized carbons (Fsp3) is 0.438. The lowest BCUT2D eigenvalue weighted by Crippen LogP contribution is -2.45. The minimum Gasteiger partial charge on any atom is -0.368 e. The van der Waals surface area contributed by atoms with Gasteiger partial charge < -0.3 is 10.6 Å². The second-order valence-electron chi connectivity index (χ2n) is 5.38. The lowest BCUT2D eigenvalue weighted by molar-refractivity contribution is -0.119. The molecule has 0 aliphatic heterocycles. The van der Waals surface area contributed by atoms with Crippen molar-refractivity contribution >= 4 is 11.6 Å². The molecule has 2 N–H and O–H groups in total. The molecule has 108 valence electrons. The van der Waals surface area contributed by atoms with Crippen LogP contribution in [0.3, 0.4) is 0 Å². The number of carbonyl (C=O) groups excluding carboxylic acids is 1. The number of anilines is 1. The molecule has 0 aromatic heterocycles. The van der Waals surface area contributed by atoms with Crippen molar-refractivity contribution in [1.82, 2.24) is 0 Å². The van der Waals surface area contributed by atoms with E-state index < -0.39 is 0 Å². The van der Waals surface area contributed by atoms with E-state index in [4.69, 9.17) is 16.3 Å². The van der Waals surface area contributed by atoms with Gasteiger partial charge in [-0.3, -0.25) is 4.79 Å². The SMILES string of the molecule is CCC(C(N)=O)N(CC1CC1)c1ccc(C#N)c(C#N)c1. The van der Waals surface area contributed by atoms with E-state index in [0.717, 1.165) is 25.1 Å². The molecule has 0 radical (unpaired) electrons. The third kappa shape index (κ3) is 3.32. The zero-order chi connectivity index (χ0) is 15.4. The number of hydrogen-bond donors (Lipinski definition) is 1. The Kier molecular flexibility index (Phi) is 4.45. The van der Waals surface area contributed by atoms with Crippen LogP contribution in [0.1, 0.15) is 37.3 Å². The van der Waals surface area contributed by atoms with Gasteiger partial charge in [-0.15, -0.1) is 0 Å². The molecule has 0 saturated heterocycles. The smallest absolute Gasteiger partial charge is 0.240 e. The first-order chi connectivity index (χ1) is 10.1. The number of hydrogen-bond acceptors (Lipinski definition) is 4. The van der Waals surface area contributed by atoms with Crippen molar-refractivity contribution in [3.8, 4) is 12.1 Å². The fourth-order valence-electron chi connectivity index (χ4n) is 2.47. The number of carbonyl (C=O) groups is 1. The first-order valence-electron chi connectivity index (χ1n) is 7.10. The van der Waals surface area contributed by atoms with Crippen LogP contribution in [0.25, 0.3) is 0 Å². The van der Waals surface area contributed by atoms with Gasteiger partial charge in [-0.25, -0.2) is 0 Å². The average Bonchev–Trinajstić information content (AvgIpc) is 3.30. The molecule has 0 bridgehead atoms. The number of rotatable bonds is 6. The first kappa shape index (κ1) is 14.9. The molecule has 1 atom stereocenters. The van der Waals surface area contributed by atoms with Crippen LogP contribution in [0.4, 0.5) is 5.69 Å². The molecular formula is C16H18N4O. The maximum absolute atomic E-state index is 11.7. The van der Waals surface area contributed by atoms with E-state index in [9.17, 15) is 4.79 Å². The lowest BCUT2D eigenvalue weighted by Gasteiger charge is -2.31. The van der Waals surface area contributed by atoms with E-state index in [1.54, 1.807) is 18.2 Å². The Morgan fingerprint density at radius 2 is 2.05 bits per heavy atom. The zero-order valence-corrected chi connectivity index (χ0v) is 12.0. The minimum atomic E-state index is -0.384. The van der Waals surface area contributed by atoms with Crippen molar-refractivity contribution in [2.24, 2.45) is 11.7 Å². The van der Waals surface area contributed by atoms with Gasteiger partial charge in [-0.1, -0.05) is 6.92 Å². The molecule has 0 spiro atoms. The minimum absolute atomic E-state index is 0.329. The molecule has 2 rings (SSSR count). The van der Waals surface area contributed by atoms with E-state index in [1.807, 2.05) is 24.0 Å². The molecule has 1 aliphatic rings. The van der Waals surface area contributed by atoms with Gasteiger partial charge in [0.1, 0.15) is 18.2 Å². The predicted octanol–water partition coefficient (Wildman–Crippen LogP) is 1.91. The Balaban J connectivity index is 2.38. The van der Waals surface area contributed by atoms with Gasteiger partial charge in [0.05, 0.1) is 11.1 Å². The molecule has 1 saturated carbocycles. The van der Waals surface area contributed by atoms with Gasteiger partial charge in [0.15, 0.2) is 0 Å². The summed E-state index contributed by atoms with van der Waals surface area (Å²) in [4.78, 5) is 13.7. The molecule has 1 unspecified atom stereocenters. The van der Waals surface area contributed by atoms with Crippen LogP contribution in [0, 0.1) is 28.6 Å². The first-order valence-corrected chi connectivity index (χ1v) is 7.10. The Hall–Kier alpha value is -2.53. The predicted molar refractivity (Wildman–Crippen MR) is 79.2 cm³/mol. The summed E-state index contributed by atoms with van der Waals surface area (Å²) in [6.07, 6.45) is 2.93. The van der Waals surface area contributed by atoms with Crippen molar-refractivity contribution in [2.75, 3.05) is 11.4 Å². The van der Waals surface area contributed by atoms with E-state index in [1.165, 1.54) is 0 Å². The molecule has 1 fully saturated rings. The molecule has 5 heteroatoms. The Bertz CT molecular complexity index is 622. The molecule has 1 aromatic rings. The second kappa shape index (κ2) is 6.28. The summed E-state index contributed by atoms with van der Waals surface area (Å²) < 4.78 is 0. The van der Waals surface area contributed by atoms with Gasteiger partial charge in [0, 0.05) is 12.2 Å². The second-order valence-corrected chi connectivity index (χ2v) is 5.38. The Morgan fingerprint density at radius 3 is 2.52 bits per heavy atom. The van der Waals surface area contributed by atoms with Crippen molar-refractivity contribution < 1.29 is 4.79 Å². The van der Waals surface area contributed by atoms with Crippen LogP contribution in [0.15, 0.2) is 18.2 Å². The third-order valence-electron chi connectivity index (χ3n) is 3.82. The monoisotopic (exact) mass is 282 g/mol. The maximum Gasteiger partial charge on any atom is 0.240 e. The van der Waals surface area contributed by atoms with Crippen molar-refractivity contribution in [3.05, 3.63) is 29.3 Å². The summed E-state index contributed by atoms with van der Waals surface area (Å²) in [6.45, 7) is 2.68. The topological polar surface area (TPSA) is 93.9 Å². The summed E-state index contributed by atoms with van der Waals surface area (Å²) in [5, 5.41) is 18.1. The summed E-state index contributed by atoms with van der Waals surface area (Å²) in [6, 6.07) is 8.73. The quantitative estimate of drug-likeness (QED) is 0.862.